The van der Waals surface area contributed by atoms with E-state index in [-0.39, 0.29) is 11.3 Å². The fourth-order valence-electron chi connectivity index (χ4n) is 2.47. The molecule has 7 nitrogen and oxygen atoms in total. The number of carbonyl (C=O) groups is 1. The number of primary amides is 1. The number of aryl methyl sites for hydroxylation is 1. The van der Waals surface area contributed by atoms with E-state index in [9.17, 15) is 4.79 Å². The van der Waals surface area contributed by atoms with Crippen LogP contribution in [0.25, 0.3) is 11.1 Å². The summed E-state index contributed by atoms with van der Waals surface area (Å²) in [5.74, 6) is 0.0609. The van der Waals surface area contributed by atoms with Crippen LogP contribution in [-0.2, 0) is 11.8 Å². The molecule has 0 spiro atoms. The Kier molecular flexibility index (Phi) is 7.01. The Morgan fingerprint density at radius 1 is 1.23 bits per heavy atom. The number of nitrogens with zero attached hydrogens (tertiary/aromatic N) is 2. The number of imidazole rings is 1. The number of hydrogen-bond acceptors (Lipinski definition) is 5. The van der Waals surface area contributed by atoms with Gasteiger partial charge in [-0.3, -0.25) is 4.79 Å². The molecule has 0 aromatic carbocycles. The summed E-state index contributed by atoms with van der Waals surface area (Å²) in [6, 6.07) is 0. The van der Waals surface area contributed by atoms with Gasteiger partial charge in [-0.25, -0.2) is 4.98 Å². The van der Waals surface area contributed by atoms with Crippen molar-refractivity contribution in [1.82, 2.24) is 9.55 Å². The van der Waals surface area contributed by atoms with Crippen molar-refractivity contribution in [3.8, 4) is 0 Å². The minimum atomic E-state index is -0.584. The lowest BCUT2D eigenvalue weighted by molar-refractivity contribution is -0.114. The number of nitrogens with two attached hydrogens (primary N) is 2. The van der Waals surface area contributed by atoms with E-state index in [4.69, 9.17) is 22.3 Å². The second-order valence-corrected chi connectivity index (χ2v) is 5.96. The average Bonchev–Trinajstić information content (AvgIpc) is 2.94. The molecule has 1 heterocycles. The number of aromatic nitrogens is 2. The van der Waals surface area contributed by atoms with Crippen LogP contribution in [-0.4, -0.2) is 27.4 Å². The lowest BCUT2D eigenvalue weighted by Gasteiger charge is -2.09. The average molecular weight is 354 g/mol. The lowest BCUT2D eigenvalue weighted by atomic mass is 10.0. The van der Waals surface area contributed by atoms with Crippen LogP contribution >= 0.6 is 0 Å². The molecule has 0 aliphatic heterocycles. The van der Waals surface area contributed by atoms with Crippen molar-refractivity contribution in [3.63, 3.8) is 0 Å². The van der Waals surface area contributed by atoms with Gasteiger partial charge in [0.15, 0.2) is 0 Å². The summed E-state index contributed by atoms with van der Waals surface area (Å²) in [4.78, 5) is 16.0. The largest absolute Gasteiger partial charge is 0.398 e. The fourth-order valence-corrected chi connectivity index (χ4v) is 2.47. The number of allylic oxidation sites excluding steroid dienone is 5. The zero-order chi connectivity index (χ0) is 20.0. The van der Waals surface area contributed by atoms with Crippen molar-refractivity contribution in [2.45, 2.75) is 27.7 Å². The lowest BCUT2D eigenvalue weighted by Crippen LogP contribution is -2.15. The first kappa shape index (κ1) is 20.8. The van der Waals surface area contributed by atoms with Crippen LogP contribution in [0.1, 0.15) is 39.2 Å². The smallest absolute Gasteiger partial charge is 0.248 e. The predicted molar refractivity (Wildman–Crippen MR) is 107 cm³/mol. The van der Waals surface area contributed by atoms with Crippen molar-refractivity contribution >= 4 is 29.0 Å². The summed E-state index contributed by atoms with van der Waals surface area (Å²) >= 11 is 0. The van der Waals surface area contributed by atoms with Gasteiger partial charge < -0.3 is 26.9 Å². The Hall–Kier alpha value is -3.22. The first-order valence-electron chi connectivity index (χ1n) is 8.04. The highest BCUT2D eigenvalue weighted by Crippen LogP contribution is 2.22. The Morgan fingerprint density at radius 2 is 1.85 bits per heavy atom. The molecule has 0 unspecified atom stereocenters. The molecule has 0 bridgehead atoms. The maximum absolute atomic E-state index is 11.4. The molecule has 0 aliphatic carbocycles. The third kappa shape index (κ3) is 4.89. The first-order chi connectivity index (χ1) is 12.1. The van der Waals surface area contributed by atoms with E-state index in [0.29, 0.717) is 22.7 Å². The Balaban J connectivity index is 3.46. The molecule has 7 heteroatoms. The molecule has 6 N–H and O–H groups in total. The van der Waals surface area contributed by atoms with E-state index in [2.05, 4.69) is 4.98 Å². The molecule has 138 valence electrons. The van der Waals surface area contributed by atoms with Gasteiger partial charge in [0.2, 0.25) is 5.91 Å². The summed E-state index contributed by atoms with van der Waals surface area (Å²) in [7, 11) is 1.85. The third-order valence-corrected chi connectivity index (χ3v) is 3.81. The summed E-state index contributed by atoms with van der Waals surface area (Å²) in [5, 5.41) is 15.3. The van der Waals surface area contributed by atoms with Crippen LogP contribution in [0.5, 0.6) is 0 Å². The molecule has 26 heavy (non-hydrogen) atoms. The maximum Gasteiger partial charge on any atom is 0.248 e. The topological polar surface area (TPSA) is 135 Å². The maximum atomic E-state index is 11.4. The van der Waals surface area contributed by atoms with Crippen molar-refractivity contribution in [2.75, 3.05) is 0 Å². The SMILES string of the molecule is CC=C(/C=C(N)\C(C=N)=C(/C)c1nc(/C(C)=C/C(C)=N)cn1C)C(N)=O. The summed E-state index contributed by atoms with van der Waals surface area (Å²) in [6.45, 7) is 7.10. The minimum absolute atomic E-state index is 0.261. The van der Waals surface area contributed by atoms with Crippen molar-refractivity contribution in [2.24, 2.45) is 18.5 Å². The molecule has 0 atom stereocenters. The summed E-state index contributed by atoms with van der Waals surface area (Å²) in [6.07, 6.45) is 7.75. The number of carbonyl (C=O) groups excluding carboxylic acids is 1. The van der Waals surface area contributed by atoms with Crippen LogP contribution in [0.4, 0.5) is 0 Å². The highest BCUT2D eigenvalue weighted by atomic mass is 16.1. The molecule has 0 aliphatic rings. The molecule has 0 saturated heterocycles. The number of hydrogen-bond donors (Lipinski definition) is 4. The van der Waals surface area contributed by atoms with Gasteiger partial charge in [0.25, 0.3) is 0 Å². The van der Waals surface area contributed by atoms with Gasteiger partial charge in [0.05, 0.1) is 5.69 Å². The molecule has 1 aromatic rings. The number of rotatable bonds is 7. The van der Waals surface area contributed by atoms with Gasteiger partial charge in [0.1, 0.15) is 5.82 Å². The molecule has 0 fully saturated rings. The highest BCUT2D eigenvalue weighted by Gasteiger charge is 2.14. The number of nitrogens with one attached hydrogen (secondary N) is 2. The molecular formula is C19H26N6O. The van der Waals surface area contributed by atoms with Crippen molar-refractivity contribution in [1.29, 1.82) is 10.8 Å². The fraction of sp³-hybridized carbons (Fsp3) is 0.263. The van der Waals surface area contributed by atoms with Crippen LogP contribution in [0.2, 0.25) is 0 Å². The van der Waals surface area contributed by atoms with E-state index in [1.54, 1.807) is 26.0 Å². The second kappa shape index (κ2) is 8.75. The minimum Gasteiger partial charge on any atom is -0.398 e. The van der Waals surface area contributed by atoms with Gasteiger partial charge >= 0.3 is 0 Å². The second-order valence-electron chi connectivity index (χ2n) is 5.96. The monoisotopic (exact) mass is 354 g/mol. The van der Waals surface area contributed by atoms with Crippen molar-refractivity contribution in [3.05, 3.63) is 52.8 Å². The molecule has 1 aromatic heterocycles. The van der Waals surface area contributed by atoms with Crippen LogP contribution < -0.4 is 11.5 Å². The molecule has 0 radical (unpaired) electrons. The van der Waals surface area contributed by atoms with Crippen LogP contribution in [0.15, 0.2) is 41.3 Å². The molecule has 1 amide bonds. The zero-order valence-electron chi connectivity index (χ0n) is 15.8. The molecular weight excluding hydrogens is 328 g/mol. The third-order valence-electron chi connectivity index (χ3n) is 3.81. The molecule has 0 saturated carbocycles. The van der Waals surface area contributed by atoms with Crippen LogP contribution in [0, 0.1) is 10.8 Å². The van der Waals surface area contributed by atoms with E-state index < -0.39 is 5.91 Å². The summed E-state index contributed by atoms with van der Waals surface area (Å²) < 4.78 is 1.84. The number of amides is 1. The van der Waals surface area contributed by atoms with E-state index in [1.807, 2.05) is 31.7 Å². The van der Waals surface area contributed by atoms with Gasteiger partial charge in [-0.15, -0.1) is 0 Å². The normalized spacial score (nSPS) is 14.1. The highest BCUT2D eigenvalue weighted by molar-refractivity contribution is 5.98. The van der Waals surface area contributed by atoms with E-state index >= 15 is 0 Å². The predicted octanol–water partition coefficient (Wildman–Crippen LogP) is 2.56. The Labute approximate surface area is 153 Å². The standard InChI is InChI=1S/C19H26N6O/c1-6-14(18(23)26)8-16(22)15(9-20)13(4)19-24-17(10-25(19)5)11(2)7-12(3)21/h6-10,20-21H,22H2,1-5H3,(H2,23,26)/b11-7+,14-6?,15-13+,16-8+,20-9?,21-12?. The Morgan fingerprint density at radius 3 is 2.31 bits per heavy atom. The van der Waals surface area contributed by atoms with Gasteiger partial charge in [-0.1, -0.05) is 6.08 Å². The van der Waals surface area contributed by atoms with Gasteiger partial charge in [-0.05, 0) is 45.4 Å². The zero-order valence-corrected chi connectivity index (χ0v) is 15.8. The van der Waals surface area contributed by atoms with E-state index in [1.165, 1.54) is 6.08 Å². The Bertz CT molecular complexity index is 865. The summed E-state index contributed by atoms with van der Waals surface area (Å²) in [5.41, 5.74) is 15.1. The van der Waals surface area contributed by atoms with Gasteiger partial charge in [-0.2, -0.15) is 0 Å². The van der Waals surface area contributed by atoms with Crippen LogP contribution in [0.3, 0.4) is 0 Å². The molecule has 1 rings (SSSR count). The first-order valence-corrected chi connectivity index (χ1v) is 8.04. The van der Waals surface area contributed by atoms with Crippen molar-refractivity contribution < 1.29 is 4.79 Å². The van der Waals surface area contributed by atoms with E-state index in [0.717, 1.165) is 17.5 Å². The van der Waals surface area contributed by atoms with Gasteiger partial charge in [0, 0.05) is 47.6 Å². The quantitative estimate of drug-likeness (QED) is 0.340.